The van der Waals surface area contributed by atoms with Crippen molar-refractivity contribution >= 4 is 5.91 Å². The lowest BCUT2D eigenvalue weighted by Gasteiger charge is -2.50. The second-order valence-electron chi connectivity index (χ2n) is 5.58. The van der Waals surface area contributed by atoms with Gasteiger partial charge in [0.05, 0.1) is 0 Å². The van der Waals surface area contributed by atoms with Crippen LogP contribution in [-0.4, -0.2) is 41.5 Å². The van der Waals surface area contributed by atoms with Gasteiger partial charge >= 0.3 is 0 Å². The Morgan fingerprint density at radius 3 is 2.44 bits per heavy atom. The maximum Gasteiger partial charge on any atom is 0.221 e. The van der Waals surface area contributed by atoms with Gasteiger partial charge in [0.2, 0.25) is 5.91 Å². The molecule has 3 aliphatic heterocycles. The van der Waals surface area contributed by atoms with Crippen molar-refractivity contribution in [2.45, 2.75) is 62.7 Å². The number of hydrogen-bond acceptors (Lipinski definition) is 3. The highest BCUT2D eigenvalue weighted by Gasteiger charge is 2.42. The van der Waals surface area contributed by atoms with Crippen LogP contribution in [0.15, 0.2) is 0 Å². The van der Waals surface area contributed by atoms with E-state index in [1.165, 1.54) is 19.3 Å². The summed E-state index contributed by atoms with van der Waals surface area (Å²) in [6.45, 7) is 0.848. The van der Waals surface area contributed by atoms with E-state index in [4.69, 9.17) is 5.73 Å². The molecule has 0 aromatic carbocycles. The van der Waals surface area contributed by atoms with E-state index >= 15 is 0 Å². The molecule has 0 aromatic heterocycles. The van der Waals surface area contributed by atoms with E-state index in [-0.39, 0.29) is 5.91 Å². The number of nitrogens with one attached hydrogen (secondary N) is 1. The molecule has 3 atom stereocenters. The van der Waals surface area contributed by atoms with Gasteiger partial charge in [-0.25, -0.2) is 0 Å². The van der Waals surface area contributed by atoms with Crippen LogP contribution in [0, 0.1) is 0 Å². The van der Waals surface area contributed by atoms with Crippen LogP contribution in [0.5, 0.6) is 0 Å². The van der Waals surface area contributed by atoms with Gasteiger partial charge in [-0.1, -0.05) is 6.42 Å². The molecular formula is C12H21N3O. The van der Waals surface area contributed by atoms with Crippen molar-refractivity contribution in [3.63, 3.8) is 0 Å². The Bertz CT molecular complexity index is 280. The molecule has 3 saturated heterocycles. The number of piperidine rings is 2. The van der Waals surface area contributed by atoms with Gasteiger partial charge in [-0.15, -0.1) is 0 Å². The summed E-state index contributed by atoms with van der Waals surface area (Å²) in [6.07, 6.45) is 6.83. The third-order valence-corrected chi connectivity index (χ3v) is 4.45. The minimum Gasteiger partial charge on any atom is -0.354 e. The molecule has 0 saturated carbocycles. The van der Waals surface area contributed by atoms with E-state index in [0.29, 0.717) is 30.6 Å². The fourth-order valence-electron chi connectivity index (χ4n) is 3.86. The molecule has 4 nitrogen and oxygen atoms in total. The molecular weight excluding hydrogens is 202 g/mol. The third-order valence-electron chi connectivity index (χ3n) is 4.45. The van der Waals surface area contributed by atoms with Crippen LogP contribution in [0.25, 0.3) is 0 Å². The van der Waals surface area contributed by atoms with E-state index < -0.39 is 0 Å². The van der Waals surface area contributed by atoms with Crippen LogP contribution in [0.2, 0.25) is 0 Å². The van der Waals surface area contributed by atoms with Crippen LogP contribution in [-0.2, 0) is 4.79 Å². The minimum atomic E-state index is 0.220. The number of nitrogens with zero attached hydrogens (tertiary/aromatic N) is 1. The quantitative estimate of drug-likeness (QED) is 0.668. The zero-order valence-corrected chi connectivity index (χ0v) is 9.69. The lowest BCUT2D eigenvalue weighted by molar-refractivity contribution is -0.119. The molecule has 0 radical (unpaired) electrons. The summed E-state index contributed by atoms with van der Waals surface area (Å²) in [4.78, 5) is 13.9. The van der Waals surface area contributed by atoms with Gasteiger partial charge in [-0.3, -0.25) is 9.69 Å². The minimum absolute atomic E-state index is 0.220. The van der Waals surface area contributed by atoms with Crippen molar-refractivity contribution in [1.82, 2.24) is 10.2 Å². The van der Waals surface area contributed by atoms with Gasteiger partial charge in [0.15, 0.2) is 0 Å². The SMILES string of the molecule is NC1CC2CCCC(C1)N2C1CNC(=O)C1. The number of carbonyl (C=O) groups is 1. The Labute approximate surface area is 96.5 Å². The molecule has 4 heteroatoms. The topological polar surface area (TPSA) is 58.4 Å². The summed E-state index contributed by atoms with van der Waals surface area (Å²) >= 11 is 0. The predicted octanol–water partition coefficient (Wildman–Crippen LogP) is 0.219. The van der Waals surface area contributed by atoms with Crippen LogP contribution in [0.1, 0.15) is 38.5 Å². The monoisotopic (exact) mass is 223 g/mol. The molecule has 3 heterocycles. The van der Waals surface area contributed by atoms with Crippen LogP contribution in [0.3, 0.4) is 0 Å². The Morgan fingerprint density at radius 2 is 1.88 bits per heavy atom. The highest BCUT2D eigenvalue weighted by molar-refractivity contribution is 5.78. The number of nitrogens with two attached hydrogens (primary N) is 1. The molecule has 3 unspecified atom stereocenters. The molecule has 3 fully saturated rings. The number of carbonyl (C=O) groups excluding carboxylic acids is 1. The Hall–Kier alpha value is -0.610. The largest absolute Gasteiger partial charge is 0.354 e. The number of hydrogen-bond donors (Lipinski definition) is 2. The van der Waals surface area contributed by atoms with Crippen molar-refractivity contribution in [3.05, 3.63) is 0 Å². The highest BCUT2D eigenvalue weighted by Crippen LogP contribution is 2.36. The highest BCUT2D eigenvalue weighted by atomic mass is 16.1. The number of fused-ring (bicyclic) bond motifs is 2. The van der Waals surface area contributed by atoms with E-state index in [9.17, 15) is 4.79 Å². The molecule has 0 spiro atoms. The second-order valence-corrected chi connectivity index (χ2v) is 5.58. The van der Waals surface area contributed by atoms with Gasteiger partial charge in [-0.05, 0) is 25.7 Å². The Kier molecular flexibility index (Phi) is 2.64. The smallest absolute Gasteiger partial charge is 0.221 e. The second kappa shape index (κ2) is 4.00. The van der Waals surface area contributed by atoms with Crippen molar-refractivity contribution in [2.24, 2.45) is 5.73 Å². The van der Waals surface area contributed by atoms with Crippen LogP contribution >= 0.6 is 0 Å². The van der Waals surface area contributed by atoms with E-state index in [2.05, 4.69) is 10.2 Å². The average molecular weight is 223 g/mol. The van der Waals surface area contributed by atoms with Gasteiger partial charge < -0.3 is 11.1 Å². The molecule has 2 bridgehead atoms. The zero-order chi connectivity index (χ0) is 11.1. The average Bonchev–Trinajstić information content (AvgIpc) is 2.63. The number of amides is 1. The first-order valence-corrected chi connectivity index (χ1v) is 6.54. The summed E-state index contributed by atoms with van der Waals surface area (Å²) in [6, 6.07) is 2.10. The molecule has 0 aliphatic carbocycles. The third kappa shape index (κ3) is 1.74. The lowest BCUT2D eigenvalue weighted by Crippen LogP contribution is -2.59. The van der Waals surface area contributed by atoms with E-state index in [1.807, 2.05) is 0 Å². The lowest BCUT2D eigenvalue weighted by atomic mass is 9.81. The van der Waals surface area contributed by atoms with Gasteiger partial charge in [0, 0.05) is 37.1 Å². The molecule has 3 rings (SSSR count). The molecule has 16 heavy (non-hydrogen) atoms. The van der Waals surface area contributed by atoms with Gasteiger partial charge in [0.25, 0.3) is 0 Å². The first kappa shape index (κ1) is 10.5. The summed E-state index contributed by atoms with van der Waals surface area (Å²) in [5.41, 5.74) is 6.10. The van der Waals surface area contributed by atoms with E-state index in [0.717, 1.165) is 19.4 Å². The maximum atomic E-state index is 11.3. The number of rotatable bonds is 1. The summed E-state index contributed by atoms with van der Waals surface area (Å²) < 4.78 is 0. The first-order chi connectivity index (χ1) is 7.74. The van der Waals surface area contributed by atoms with Crippen LogP contribution < -0.4 is 11.1 Å². The summed E-state index contributed by atoms with van der Waals surface area (Å²) in [7, 11) is 0. The molecule has 3 aliphatic rings. The fourth-order valence-corrected chi connectivity index (χ4v) is 3.86. The maximum absolute atomic E-state index is 11.3. The van der Waals surface area contributed by atoms with Gasteiger partial charge in [-0.2, -0.15) is 0 Å². The normalized spacial score (nSPS) is 44.4. The predicted molar refractivity (Wildman–Crippen MR) is 61.9 cm³/mol. The van der Waals surface area contributed by atoms with E-state index in [1.54, 1.807) is 0 Å². The standard InChI is InChI=1S/C12H21N3O/c13-8-4-9-2-1-3-10(5-8)15(9)11-6-12(16)14-7-11/h8-11H,1-7,13H2,(H,14,16). The Morgan fingerprint density at radius 1 is 1.19 bits per heavy atom. The molecule has 1 amide bonds. The molecule has 3 N–H and O–H groups in total. The Balaban J connectivity index is 1.76. The molecule has 90 valence electrons. The summed E-state index contributed by atoms with van der Waals surface area (Å²) in [5.74, 6) is 0.220. The fraction of sp³-hybridized carbons (Fsp3) is 0.917. The van der Waals surface area contributed by atoms with Crippen molar-refractivity contribution < 1.29 is 4.79 Å². The summed E-state index contributed by atoms with van der Waals surface area (Å²) in [5, 5.41) is 2.96. The van der Waals surface area contributed by atoms with Crippen LogP contribution in [0.4, 0.5) is 0 Å². The van der Waals surface area contributed by atoms with Crippen molar-refractivity contribution in [1.29, 1.82) is 0 Å². The zero-order valence-electron chi connectivity index (χ0n) is 9.69. The first-order valence-electron chi connectivity index (χ1n) is 6.54. The van der Waals surface area contributed by atoms with Crippen molar-refractivity contribution in [3.8, 4) is 0 Å². The molecule has 0 aromatic rings. The van der Waals surface area contributed by atoms with Gasteiger partial charge in [0.1, 0.15) is 0 Å². The van der Waals surface area contributed by atoms with Crippen molar-refractivity contribution in [2.75, 3.05) is 6.54 Å².